The van der Waals surface area contributed by atoms with E-state index in [0.717, 1.165) is 8.95 Å². The lowest BCUT2D eigenvalue weighted by Crippen LogP contribution is -2.05. The van der Waals surface area contributed by atoms with E-state index in [1.807, 2.05) is 18.2 Å². The second-order valence-corrected chi connectivity index (χ2v) is 7.60. The first-order chi connectivity index (χ1) is 7.40. The number of hydrogen-bond acceptors (Lipinski definition) is 3. The molecule has 0 radical (unpaired) electrons. The summed E-state index contributed by atoms with van der Waals surface area (Å²) in [6.07, 6.45) is 0.361. The minimum atomic E-state index is -3.43. The summed E-state index contributed by atoms with van der Waals surface area (Å²) in [6, 6.07) is 5.56. The number of ether oxygens (including phenoxy) is 1. The van der Waals surface area contributed by atoms with Crippen LogP contribution in [0.4, 0.5) is 0 Å². The third-order valence-electron chi connectivity index (χ3n) is 1.70. The van der Waals surface area contributed by atoms with Crippen LogP contribution in [0.1, 0.15) is 6.42 Å². The zero-order chi connectivity index (χ0) is 12.2. The van der Waals surface area contributed by atoms with Gasteiger partial charge in [0.1, 0.15) is 5.75 Å². The summed E-state index contributed by atoms with van der Waals surface area (Å²) in [4.78, 5) is 0. The Hall–Kier alpha value is 0.220. The van der Waals surface area contributed by atoms with Gasteiger partial charge in [-0.05, 0) is 50.4 Å². The van der Waals surface area contributed by atoms with E-state index < -0.39 is 9.05 Å². The fourth-order valence-corrected chi connectivity index (χ4v) is 3.04. The Kier molecular flexibility index (Phi) is 5.56. The molecular weight excluding hydrogens is 383 g/mol. The third-order valence-corrected chi connectivity index (χ3v) is 4.19. The molecule has 0 unspecified atom stereocenters. The quantitative estimate of drug-likeness (QED) is 0.569. The highest BCUT2D eigenvalue weighted by molar-refractivity contribution is 9.11. The van der Waals surface area contributed by atoms with Gasteiger partial charge in [0.25, 0.3) is 0 Å². The van der Waals surface area contributed by atoms with E-state index in [1.54, 1.807) is 0 Å². The van der Waals surface area contributed by atoms with Gasteiger partial charge in [0.05, 0.1) is 21.3 Å². The number of benzene rings is 1. The summed E-state index contributed by atoms with van der Waals surface area (Å²) in [5.74, 6) is 0.575. The molecule has 0 saturated heterocycles. The number of hydrogen-bond donors (Lipinski definition) is 0. The summed E-state index contributed by atoms with van der Waals surface area (Å²) < 4.78 is 28.4. The largest absolute Gasteiger partial charge is 0.491 e. The molecule has 0 aliphatic heterocycles. The van der Waals surface area contributed by atoms with E-state index in [-0.39, 0.29) is 5.75 Å². The molecule has 0 bridgehead atoms. The third kappa shape index (κ3) is 5.03. The topological polar surface area (TPSA) is 43.4 Å². The molecule has 0 aromatic heterocycles. The fourth-order valence-electron chi connectivity index (χ4n) is 1.03. The summed E-state index contributed by atoms with van der Waals surface area (Å²) in [5, 5.41) is 0. The lowest BCUT2D eigenvalue weighted by Gasteiger charge is -2.09. The van der Waals surface area contributed by atoms with Crippen LogP contribution >= 0.6 is 42.5 Å². The molecule has 0 aliphatic carbocycles. The maximum absolute atomic E-state index is 10.7. The second-order valence-electron chi connectivity index (χ2n) is 3.00. The normalized spacial score (nSPS) is 11.4. The van der Waals surface area contributed by atoms with Crippen molar-refractivity contribution in [2.24, 2.45) is 0 Å². The molecule has 7 heteroatoms. The Bertz CT molecular complexity index is 442. The van der Waals surface area contributed by atoms with E-state index in [9.17, 15) is 8.42 Å². The van der Waals surface area contributed by atoms with Crippen molar-refractivity contribution in [3.63, 3.8) is 0 Å². The molecule has 0 saturated carbocycles. The molecule has 0 amide bonds. The molecule has 0 fully saturated rings. The average molecular weight is 392 g/mol. The summed E-state index contributed by atoms with van der Waals surface area (Å²) in [6.45, 7) is 0.299. The first kappa shape index (κ1) is 14.3. The van der Waals surface area contributed by atoms with Crippen LogP contribution in [-0.4, -0.2) is 20.8 Å². The first-order valence-corrected chi connectivity index (χ1v) is 8.46. The van der Waals surface area contributed by atoms with Crippen molar-refractivity contribution in [3.05, 3.63) is 27.1 Å². The van der Waals surface area contributed by atoms with Crippen molar-refractivity contribution in [1.82, 2.24) is 0 Å². The molecule has 0 aliphatic rings. The van der Waals surface area contributed by atoms with E-state index in [4.69, 9.17) is 15.4 Å². The molecule has 0 N–H and O–H groups in total. The molecule has 0 spiro atoms. The Morgan fingerprint density at radius 1 is 1.25 bits per heavy atom. The number of halogens is 3. The molecular formula is C9H9Br2ClO3S. The Balaban J connectivity index is 2.49. The van der Waals surface area contributed by atoms with Crippen LogP contribution in [0, 0.1) is 0 Å². The maximum Gasteiger partial charge on any atom is 0.232 e. The van der Waals surface area contributed by atoms with E-state index in [1.165, 1.54) is 0 Å². The van der Waals surface area contributed by atoms with Crippen LogP contribution in [0.3, 0.4) is 0 Å². The van der Waals surface area contributed by atoms with Crippen molar-refractivity contribution >= 4 is 51.6 Å². The summed E-state index contributed by atoms with van der Waals surface area (Å²) >= 11 is 6.68. The van der Waals surface area contributed by atoms with Gasteiger partial charge in [-0.2, -0.15) is 0 Å². The van der Waals surface area contributed by atoms with Crippen LogP contribution in [0.5, 0.6) is 5.75 Å². The van der Waals surface area contributed by atoms with Crippen LogP contribution in [0.25, 0.3) is 0 Å². The van der Waals surface area contributed by atoms with E-state index in [0.29, 0.717) is 18.8 Å². The van der Waals surface area contributed by atoms with Crippen LogP contribution in [0.15, 0.2) is 27.1 Å². The van der Waals surface area contributed by atoms with Crippen LogP contribution in [0.2, 0.25) is 0 Å². The molecule has 90 valence electrons. The molecule has 0 atom stereocenters. The predicted molar refractivity (Wildman–Crippen MR) is 71.6 cm³/mol. The molecule has 1 aromatic rings. The predicted octanol–water partition coefficient (Wildman–Crippen LogP) is 3.55. The van der Waals surface area contributed by atoms with Crippen molar-refractivity contribution in [2.75, 3.05) is 12.4 Å². The lowest BCUT2D eigenvalue weighted by molar-refractivity contribution is 0.314. The first-order valence-electron chi connectivity index (χ1n) is 4.39. The summed E-state index contributed by atoms with van der Waals surface area (Å²) in [7, 11) is 1.65. The van der Waals surface area contributed by atoms with Gasteiger partial charge in [-0.25, -0.2) is 8.42 Å². The van der Waals surface area contributed by atoms with Crippen LogP contribution in [-0.2, 0) is 9.05 Å². The smallest absolute Gasteiger partial charge is 0.232 e. The zero-order valence-electron chi connectivity index (χ0n) is 8.12. The van der Waals surface area contributed by atoms with Crippen molar-refractivity contribution in [2.45, 2.75) is 6.42 Å². The van der Waals surface area contributed by atoms with Gasteiger partial charge < -0.3 is 4.74 Å². The van der Waals surface area contributed by atoms with Crippen molar-refractivity contribution in [1.29, 1.82) is 0 Å². The Morgan fingerprint density at radius 2 is 1.81 bits per heavy atom. The Morgan fingerprint density at radius 3 is 2.31 bits per heavy atom. The zero-order valence-corrected chi connectivity index (χ0v) is 12.9. The number of rotatable bonds is 5. The van der Waals surface area contributed by atoms with Crippen molar-refractivity contribution in [3.8, 4) is 5.75 Å². The van der Waals surface area contributed by atoms with Gasteiger partial charge in [-0.1, -0.05) is 6.07 Å². The molecule has 1 aromatic carbocycles. The highest BCUT2D eigenvalue weighted by Crippen LogP contribution is 2.32. The average Bonchev–Trinajstić information content (AvgIpc) is 2.14. The van der Waals surface area contributed by atoms with Crippen LogP contribution < -0.4 is 4.74 Å². The monoisotopic (exact) mass is 390 g/mol. The Labute approximate surface area is 116 Å². The van der Waals surface area contributed by atoms with Gasteiger partial charge >= 0.3 is 0 Å². The number of para-hydroxylation sites is 1. The minimum absolute atomic E-state index is 0.0867. The van der Waals surface area contributed by atoms with Gasteiger partial charge in [0.15, 0.2) is 0 Å². The van der Waals surface area contributed by atoms with Gasteiger partial charge in [0.2, 0.25) is 9.05 Å². The highest BCUT2D eigenvalue weighted by atomic mass is 79.9. The highest BCUT2D eigenvalue weighted by Gasteiger charge is 2.08. The van der Waals surface area contributed by atoms with Crippen molar-refractivity contribution < 1.29 is 13.2 Å². The standard InChI is InChI=1S/C9H9Br2ClO3S/c10-7-3-1-4-8(11)9(7)15-5-2-6-16(12,13)14/h1,3-4H,2,5-6H2. The molecule has 1 rings (SSSR count). The maximum atomic E-state index is 10.7. The second kappa shape index (κ2) is 6.23. The summed E-state index contributed by atoms with van der Waals surface area (Å²) in [5.41, 5.74) is 0. The van der Waals surface area contributed by atoms with E-state index >= 15 is 0 Å². The molecule has 16 heavy (non-hydrogen) atoms. The van der Waals surface area contributed by atoms with Gasteiger partial charge in [-0.3, -0.25) is 0 Å². The molecule has 0 heterocycles. The fraction of sp³-hybridized carbons (Fsp3) is 0.333. The van der Waals surface area contributed by atoms with E-state index in [2.05, 4.69) is 31.9 Å². The SMILES string of the molecule is O=S(=O)(Cl)CCCOc1c(Br)cccc1Br. The lowest BCUT2D eigenvalue weighted by atomic mass is 10.3. The van der Waals surface area contributed by atoms with Gasteiger partial charge in [0, 0.05) is 10.7 Å². The molecule has 3 nitrogen and oxygen atoms in total. The minimum Gasteiger partial charge on any atom is -0.491 e. The van der Waals surface area contributed by atoms with Gasteiger partial charge in [-0.15, -0.1) is 0 Å².